The van der Waals surface area contributed by atoms with E-state index in [9.17, 15) is 0 Å². The quantitative estimate of drug-likeness (QED) is 0.695. The summed E-state index contributed by atoms with van der Waals surface area (Å²) in [5, 5.41) is 0. The van der Waals surface area contributed by atoms with E-state index in [0.717, 1.165) is 31.0 Å². The van der Waals surface area contributed by atoms with E-state index in [1.54, 1.807) is 38.5 Å². The Bertz CT molecular complexity index is 247. The van der Waals surface area contributed by atoms with Crippen molar-refractivity contribution in [3.05, 3.63) is 0 Å². The molecule has 1 N–H and O–H groups in total. The van der Waals surface area contributed by atoms with Gasteiger partial charge in [0.1, 0.15) is 13.1 Å². The molecular weight excluding hydrogens is 198 g/mol. The van der Waals surface area contributed by atoms with Gasteiger partial charge in [0.25, 0.3) is 0 Å². The summed E-state index contributed by atoms with van der Waals surface area (Å²) in [5.41, 5.74) is 0.707. The van der Waals surface area contributed by atoms with E-state index in [-0.39, 0.29) is 0 Å². The molecule has 1 heterocycles. The van der Waals surface area contributed by atoms with Crippen LogP contribution in [0.25, 0.3) is 0 Å². The third-order valence-electron chi connectivity index (χ3n) is 5.88. The third kappa shape index (κ3) is 1.39. The van der Waals surface area contributed by atoms with Crippen molar-refractivity contribution in [1.29, 1.82) is 0 Å². The number of quaternary nitrogens is 1. The highest BCUT2D eigenvalue weighted by Gasteiger charge is 2.56. The van der Waals surface area contributed by atoms with Crippen molar-refractivity contribution in [2.45, 2.75) is 44.1 Å². The second kappa shape index (κ2) is 3.46. The standard InChI is InChI=1S/C14H23NO/c1-3-16-4-2-15(1)14-8-11-5-12(9-14)7-13(6-11)10-14/h11-13H,1-10H2/p+1. The number of hydrogen-bond donors (Lipinski definition) is 1. The number of ether oxygens (including phenoxy) is 1. The largest absolute Gasteiger partial charge is 0.370 e. The SMILES string of the molecule is C1C[NH+](C23CC4CC(CC(C4)C2)C3)CCO1. The van der Waals surface area contributed by atoms with Gasteiger partial charge in [-0.3, -0.25) is 0 Å². The Kier molecular flexibility index (Phi) is 2.14. The van der Waals surface area contributed by atoms with Gasteiger partial charge in [-0.15, -0.1) is 0 Å². The molecule has 0 aromatic heterocycles. The van der Waals surface area contributed by atoms with Crippen molar-refractivity contribution in [3.8, 4) is 0 Å². The van der Waals surface area contributed by atoms with E-state index in [1.165, 1.54) is 13.1 Å². The number of nitrogens with one attached hydrogen (secondary N) is 1. The molecule has 0 atom stereocenters. The Balaban J connectivity index is 1.60. The van der Waals surface area contributed by atoms with Crippen molar-refractivity contribution in [2.75, 3.05) is 26.3 Å². The minimum atomic E-state index is 0.707. The fraction of sp³-hybridized carbons (Fsp3) is 1.00. The zero-order valence-electron chi connectivity index (χ0n) is 10.2. The molecule has 1 saturated heterocycles. The van der Waals surface area contributed by atoms with Crippen molar-refractivity contribution in [1.82, 2.24) is 0 Å². The van der Waals surface area contributed by atoms with Crippen molar-refractivity contribution in [3.63, 3.8) is 0 Å². The molecule has 4 aliphatic carbocycles. The summed E-state index contributed by atoms with van der Waals surface area (Å²) in [7, 11) is 0. The van der Waals surface area contributed by atoms with Gasteiger partial charge in [0.05, 0.1) is 18.8 Å². The maximum absolute atomic E-state index is 5.54. The molecule has 0 radical (unpaired) electrons. The van der Waals surface area contributed by atoms with Crippen LogP contribution in [0.15, 0.2) is 0 Å². The maximum Gasteiger partial charge on any atom is 0.101 e. The van der Waals surface area contributed by atoms with E-state index >= 15 is 0 Å². The molecule has 2 heteroatoms. The third-order valence-corrected chi connectivity index (χ3v) is 5.88. The molecule has 4 saturated carbocycles. The lowest BCUT2D eigenvalue weighted by Crippen LogP contribution is -3.22. The molecule has 1 aliphatic heterocycles. The van der Waals surface area contributed by atoms with Crippen LogP contribution in [0, 0.1) is 17.8 Å². The van der Waals surface area contributed by atoms with Gasteiger partial charge in [0.15, 0.2) is 0 Å². The van der Waals surface area contributed by atoms with Gasteiger partial charge in [-0.2, -0.15) is 0 Å². The lowest BCUT2D eigenvalue weighted by atomic mass is 9.52. The molecule has 0 aromatic rings. The Morgan fingerprint density at radius 3 is 1.81 bits per heavy atom. The second-order valence-corrected chi connectivity index (χ2v) is 6.91. The lowest BCUT2D eigenvalue weighted by Gasteiger charge is -2.58. The van der Waals surface area contributed by atoms with Crippen LogP contribution in [-0.2, 0) is 4.74 Å². The smallest absolute Gasteiger partial charge is 0.101 e. The highest BCUT2D eigenvalue weighted by Crippen LogP contribution is 2.54. The van der Waals surface area contributed by atoms with Crippen molar-refractivity contribution >= 4 is 0 Å². The van der Waals surface area contributed by atoms with Gasteiger partial charge in [0, 0.05) is 19.3 Å². The summed E-state index contributed by atoms with van der Waals surface area (Å²) >= 11 is 0. The van der Waals surface area contributed by atoms with Gasteiger partial charge < -0.3 is 9.64 Å². The van der Waals surface area contributed by atoms with E-state index in [4.69, 9.17) is 4.74 Å². The number of rotatable bonds is 1. The molecular formula is C14H24NO+. The highest BCUT2D eigenvalue weighted by atomic mass is 16.5. The minimum absolute atomic E-state index is 0.707. The molecule has 0 unspecified atom stereocenters. The number of hydrogen-bond acceptors (Lipinski definition) is 1. The van der Waals surface area contributed by atoms with E-state index in [1.807, 2.05) is 4.90 Å². The molecule has 5 rings (SSSR count). The Hall–Kier alpha value is -0.0800. The summed E-state index contributed by atoms with van der Waals surface area (Å²) in [5.74, 6) is 3.30. The maximum atomic E-state index is 5.54. The molecule has 90 valence electrons. The number of morpholine rings is 1. The normalized spacial score (nSPS) is 52.1. The highest BCUT2D eigenvalue weighted by molar-refractivity contribution is 5.02. The van der Waals surface area contributed by atoms with Crippen molar-refractivity contribution in [2.24, 2.45) is 17.8 Å². The van der Waals surface area contributed by atoms with Crippen molar-refractivity contribution < 1.29 is 9.64 Å². The Morgan fingerprint density at radius 2 is 1.31 bits per heavy atom. The molecule has 5 aliphatic rings. The molecule has 5 fully saturated rings. The molecule has 0 amide bonds. The second-order valence-electron chi connectivity index (χ2n) is 6.91. The van der Waals surface area contributed by atoms with Gasteiger partial charge in [-0.05, 0) is 37.0 Å². The molecule has 2 nitrogen and oxygen atoms in total. The summed E-state index contributed by atoms with van der Waals surface area (Å²) in [6.07, 6.45) is 9.37. The fourth-order valence-corrected chi connectivity index (χ4v) is 5.69. The monoisotopic (exact) mass is 222 g/mol. The predicted molar refractivity (Wildman–Crippen MR) is 62.4 cm³/mol. The zero-order chi connectivity index (χ0) is 10.6. The van der Waals surface area contributed by atoms with Gasteiger partial charge in [-0.25, -0.2) is 0 Å². The summed E-state index contributed by atoms with van der Waals surface area (Å²) in [6, 6.07) is 0. The first-order valence-electron chi connectivity index (χ1n) is 7.27. The first-order valence-corrected chi connectivity index (χ1v) is 7.27. The average molecular weight is 222 g/mol. The van der Waals surface area contributed by atoms with Crippen LogP contribution in [0.2, 0.25) is 0 Å². The van der Waals surface area contributed by atoms with E-state index < -0.39 is 0 Å². The fourth-order valence-electron chi connectivity index (χ4n) is 5.69. The summed E-state index contributed by atoms with van der Waals surface area (Å²) < 4.78 is 5.54. The average Bonchev–Trinajstić information content (AvgIpc) is 2.28. The van der Waals surface area contributed by atoms with Crippen LogP contribution >= 0.6 is 0 Å². The van der Waals surface area contributed by atoms with Crippen LogP contribution in [0.3, 0.4) is 0 Å². The first-order chi connectivity index (χ1) is 7.84. The molecule has 0 spiro atoms. The molecule has 16 heavy (non-hydrogen) atoms. The van der Waals surface area contributed by atoms with Crippen LogP contribution in [0.4, 0.5) is 0 Å². The lowest BCUT2D eigenvalue weighted by molar-refractivity contribution is -0.965. The van der Waals surface area contributed by atoms with Crippen LogP contribution < -0.4 is 4.90 Å². The Morgan fingerprint density at radius 1 is 0.812 bits per heavy atom. The zero-order valence-corrected chi connectivity index (χ0v) is 10.2. The molecule has 4 bridgehead atoms. The summed E-state index contributed by atoms with van der Waals surface area (Å²) in [4.78, 5) is 1.91. The topological polar surface area (TPSA) is 13.7 Å². The van der Waals surface area contributed by atoms with Crippen LogP contribution in [0.5, 0.6) is 0 Å². The Labute approximate surface area is 98.3 Å². The van der Waals surface area contributed by atoms with Crippen LogP contribution in [-0.4, -0.2) is 31.8 Å². The summed E-state index contributed by atoms with van der Waals surface area (Å²) in [6.45, 7) is 4.59. The minimum Gasteiger partial charge on any atom is -0.370 e. The van der Waals surface area contributed by atoms with E-state index in [0.29, 0.717) is 5.54 Å². The van der Waals surface area contributed by atoms with Gasteiger partial charge in [0.2, 0.25) is 0 Å². The van der Waals surface area contributed by atoms with E-state index in [2.05, 4.69) is 0 Å². The van der Waals surface area contributed by atoms with Gasteiger partial charge in [-0.1, -0.05) is 0 Å². The van der Waals surface area contributed by atoms with Gasteiger partial charge >= 0.3 is 0 Å². The van der Waals surface area contributed by atoms with Crippen LogP contribution in [0.1, 0.15) is 38.5 Å². The first kappa shape index (κ1) is 9.90. The predicted octanol–water partition coefficient (Wildman–Crippen LogP) is 0.870. The molecule has 0 aromatic carbocycles.